The van der Waals surface area contributed by atoms with E-state index >= 15 is 0 Å². The number of hydrogen-bond acceptors (Lipinski definition) is 3. The second-order valence-electron chi connectivity index (χ2n) is 5.21. The Hall–Kier alpha value is -0.770. The lowest BCUT2D eigenvalue weighted by molar-refractivity contribution is 0.475. The minimum atomic E-state index is 0.0845. The lowest BCUT2D eigenvalue weighted by Crippen LogP contribution is -2.10. The Labute approximate surface area is 127 Å². The van der Waals surface area contributed by atoms with Crippen LogP contribution >= 0.6 is 34.5 Å². The second kappa shape index (κ2) is 5.70. The summed E-state index contributed by atoms with van der Waals surface area (Å²) in [6.45, 7) is 6.49. The summed E-state index contributed by atoms with van der Waals surface area (Å²) in [7, 11) is 0. The van der Waals surface area contributed by atoms with Crippen LogP contribution < -0.4 is 4.74 Å². The number of benzene rings is 1. The largest absolute Gasteiger partial charge is 0.431 e. The molecular formula is C14H15Cl2NOS. The van der Waals surface area contributed by atoms with E-state index in [4.69, 9.17) is 27.9 Å². The Kier molecular flexibility index (Phi) is 4.39. The van der Waals surface area contributed by atoms with Crippen molar-refractivity contribution in [1.82, 2.24) is 4.98 Å². The first-order valence-corrected chi connectivity index (χ1v) is 7.62. The first-order valence-electron chi connectivity index (χ1n) is 5.89. The van der Waals surface area contributed by atoms with Gasteiger partial charge in [0.1, 0.15) is 10.9 Å². The van der Waals surface area contributed by atoms with Crippen LogP contribution in [0.25, 0.3) is 0 Å². The average molecular weight is 316 g/mol. The standard InChI is InChI=1S/C14H15Cl2NOS/c1-14(2,3)9-5-4-6-10(7-9)18-13-17-12(16)11(8-15)19-13/h4-7H,8H2,1-3H3. The third-order valence-electron chi connectivity index (χ3n) is 2.66. The fraction of sp³-hybridized carbons (Fsp3) is 0.357. The van der Waals surface area contributed by atoms with Gasteiger partial charge in [0, 0.05) is 0 Å². The summed E-state index contributed by atoms with van der Waals surface area (Å²) in [5.41, 5.74) is 1.30. The van der Waals surface area contributed by atoms with Crippen LogP contribution in [-0.4, -0.2) is 4.98 Å². The van der Waals surface area contributed by atoms with E-state index in [0.717, 1.165) is 10.6 Å². The van der Waals surface area contributed by atoms with Crippen molar-refractivity contribution in [3.63, 3.8) is 0 Å². The van der Waals surface area contributed by atoms with E-state index in [1.54, 1.807) is 0 Å². The molecule has 2 rings (SSSR count). The van der Waals surface area contributed by atoms with E-state index in [1.165, 1.54) is 16.9 Å². The molecule has 0 unspecified atom stereocenters. The molecule has 2 aromatic rings. The van der Waals surface area contributed by atoms with Gasteiger partial charge in [-0.2, -0.15) is 4.98 Å². The Morgan fingerprint density at radius 1 is 1.32 bits per heavy atom. The van der Waals surface area contributed by atoms with E-state index in [9.17, 15) is 0 Å². The minimum absolute atomic E-state index is 0.0845. The normalized spacial score (nSPS) is 11.6. The number of ether oxygens (including phenoxy) is 1. The first-order chi connectivity index (χ1) is 8.90. The van der Waals surface area contributed by atoms with Crippen molar-refractivity contribution in [2.75, 3.05) is 0 Å². The fourth-order valence-electron chi connectivity index (χ4n) is 1.57. The van der Waals surface area contributed by atoms with E-state index in [1.807, 2.05) is 18.2 Å². The van der Waals surface area contributed by atoms with Gasteiger partial charge in [-0.1, -0.05) is 55.8 Å². The van der Waals surface area contributed by atoms with Crippen molar-refractivity contribution in [3.8, 4) is 10.9 Å². The van der Waals surface area contributed by atoms with Gasteiger partial charge in [-0.05, 0) is 23.1 Å². The molecule has 2 nitrogen and oxygen atoms in total. The molecule has 0 saturated carbocycles. The molecule has 0 amide bonds. The van der Waals surface area contributed by atoms with Gasteiger partial charge in [0.25, 0.3) is 5.19 Å². The molecule has 19 heavy (non-hydrogen) atoms. The highest BCUT2D eigenvalue weighted by Gasteiger charge is 2.15. The summed E-state index contributed by atoms with van der Waals surface area (Å²) in [5.74, 6) is 1.11. The number of halogens is 2. The lowest BCUT2D eigenvalue weighted by atomic mass is 9.87. The average Bonchev–Trinajstić information content (AvgIpc) is 2.68. The van der Waals surface area contributed by atoms with Crippen molar-refractivity contribution < 1.29 is 4.74 Å². The lowest BCUT2D eigenvalue weighted by Gasteiger charge is -2.19. The molecule has 0 radical (unpaired) electrons. The summed E-state index contributed by atoms with van der Waals surface area (Å²) in [5, 5.41) is 0.939. The molecule has 5 heteroatoms. The van der Waals surface area contributed by atoms with Crippen LogP contribution in [0.5, 0.6) is 10.9 Å². The SMILES string of the molecule is CC(C)(C)c1cccc(Oc2nc(Cl)c(CCl)s2)c1. The Bertz CT molecular complexity index is 575. The van der Waals surface area contributed by atoms with E-state index in [-0.39, 0.29) is 5.41 Å². The number of rotatable bonds is 3. The topological polar surface area (TPSA) is 22.1 Å². The molecule has 0 aliphatic heterocycles. The highest BCUT2D eigenvalue weighted by atomic mass is 35.5. The molecule has 0 atom stereocenters. The number of nitrogens with zero attached hydrogens (tertiary/aromatic N) is 1. The van der Waals surface area contributed by atoms with Gasteiger partial charge in [0.2, 0.25) is 0 Å². The maximum atomic E-state index is 5.95. The molecule has 0 aliphatic rings. The van der Waals surface area contributed by atoms with Crippen LogP contribution in [0, 0.1) is 0 Å². The first kappa shape index (κ1) is 14.6. The zero-order valence-corrected chi connectivity index (χ0v) is 13.4. The molecule has 0 N–H and O–H groups in total. The minimum Gasteiger partial charge on any atom is -0.431 e. The summed E-state index contributed by atoms with van der Waals surface area (Å²) in [6, 6.07) is 8.00. The Balaban J connectivity index is 2.23. The zero-order valence-electron chi connectivity index (χ0n) is 11.0. The van der Waals surface area contributed by atoms with Gasteiger partial charge < -0.3 is 4.74 Å². The van der Waals surface area contributed by atoms with Crippen LogP contribution in [0.1, 0.15) is 31.2 Å². The molecule has 1 aromatic heterocycles. The number of thiazole rings is 1. The molecule has 0 saturated heterocycles. The number of hydrogen-bond donors (Lipinski definition) is 0. The predicted octanol–water partition coefficient (Wildman–Crippen LogP) is 5.63. The highest BCUT2D eigenvalue weighted by Crippen LogP contribution is 2.34. The van der Waals surface area contributed by atoms with Crippen LogP contribution in [0.2, 0.25) is 5.15 Å². The van der Waals surface area contributed by atoms with Crippen LogP contribution in [0.3, 0.4) is 0 Å². The Morgan fingerprint density at radius 2 is 2.05 bits per heavy atom. The fourth-order valence-corrected chi connectivity index (χ4v) is 2.90. The molecule has 0 fully saturated rings. The molecule has 0 spiro atoms. The van der Waals surface area contributed by atoms with Crippen molar-refractivity contribution in [2.24, 2.45) is 0 Å². The van der Waals surface area contributed by atoms with Crippen LogP contribution in [0.15, 0.2) is 24.3 Å². The summed E-state index contributed by atoms with van der Waals surface area (Å²) >= 11 is 13.1. The van der Waals surface area contributed by atoms with Gasteiger partial charge in [0.05, 0.1) is 10.8 Å². The molecule has 102 valence electrons. The van der Waals surface area contributed by atoms with Crippen molar-refractivity contribution in [1.29, 1.82) is 0 Å². The van der Waals surface area contributed by atoms with Crippen LogP contribution in [0.4, 0.5) is 0 Å². The van der Waals surface area contributed by atoms with Crippen molar-refractivity contribution >= 4 is 34.5 Å². The number of alkyl halides is 1. The summed E-state index contributed by atoms with van der Waals surface area (Å²) in [4.78, 5) is 4.97. The molecule has 0 bridgehead atoms. The van der Waals surface area contributed by atoms with Gasteiger partial charge in [-0.25, -0.2) is 0 Å². The van der Waals surface area contributed by atoms with Gasteiger partial charge in [-0.3, -0.25) is 0 Å². The van der Waals surface area contributed by atoms with E-state index in [2.05, 4.69) is 31.8 Å². The van der Waals surface area contributed by atoms with Gasteiger partial charge >= 0.3 is 0 Å². The van der Waals surface area contributed by atoms with Gasteiger partial charge in [0.15, 0.2) is 0 Å². The molecule has 1 aromatic carbocycles. The summed E-state index contributed by atoms with van der Waals surface area (Å²) < 4.78 is 5.74. The second-order valence-corrected chi connectivity index (χ2v) is 6.88. The molecule has 0 aliphatic carbocycles. The van der Waals surface area contributed by atoms with Crippen molar-refractivity contribution in [3.05, 3.63) is 39.9 Å². The maximum absolute atomic E-state index is 5.95. The quantitative estimate of drug-likeness (QED) is 0.685. The monoisotopic (exact) mass is 315 g/mol. The number of aromatic nitrogens is 1. The van der Waals surface area contributed by atoms with Crippen LogP contribution in [-0.2, 0) is 11.3 Å². The Morgan fingerprint density at radius 3 is 2.63 bits per heavy atom. The van der Waals surface area contributed by atoms with E-state index < -0.39 is 0 Å². The van der Waals surface area contributed by atoms with E-state index in [0.29, 0.717) is 16.2 Å². The third-order valence-corrected chi connectivity index (χ3v) is 4.44. The molecular weight excluding hydrogens is 301 g/mol. The van der Waals surface area contributed by atoms with Crippen molar-refractivity contribution in [2.45, 2.75) is 32.1 Å². The third kappa shape index (κ3) is 3.62. The predicted molar refractivity (Wildman–Crippen MR) is 81.9 cm³/mol. The summed E-state index contributed by atoms with van der Waals surface area (Å²) in [6.07, 6.45) is 0. The smallest absolute Gasteiger partial charge is 0.280 e. The maximum Gasteiger partial charge on any atom is 0.280 e. The van der Waals surface area contributed by atoms with Gasteiger partial charge in [-0.15, -0.1) is 11.6 Å². The molecule has 1 heterocycles. The highest BCUT2D eigenvalue weighted by molar-refractivity contribution is 7.14. The zero-order chi connectivity index (χ0) is 14.0.